The summed E-state index contributed by atoms with van der Waals surface area (Å²) in [6.07, 6.45) is 2.87. The number of aliphatic imine (C=N–C) groups is 1. The molecule has 0 N–H and O–H groups in total. The fourth-order valence-electron chi connectivity index (χ4n) is 3.73. The summed E-state index contributed by atoms with van der Waals surface area (Å²) in [6.45, 7) is 5.09. The first-order chi connectivity index (χ1) is 14.8. The number of oxazole rings is 1. The van der Waals surface area contributed by atoms with Crippen molar-refractivity contribution in [2.45, 2.75) is 6.54 Å². The van der Waals surface area contributed by atoms with Crippen molar-refractivity contribution in [1.82, 2.24) is 9.88 Å². The zero-order chi connectivity index (χ0) is 20.2. The summed E-state index contributed by atoms with van der Waals surface area (Å²) in [7, 11) is 0. The van der Waals surface area contributed by atoms with Crippen molar-refractivity contribution in [1.29, 1.82) is 0 Å². The van der Waals surface area contributed by atoms with Gasteiger partial charge < -0.3 is 14.3 Å². The first-order valence-corrected chi connectivity index (χ1v) is 10.2. The Bertz CT molecular complexity index is 1140. The van der Waals surface area contributed by atoms with Crippen molar-refractivity contribution in [3.05, 3.63) is 90.3 Å². The molecule has 1 saturated heterocycles. The van der Waals surface area contributed by atoms with E-state index in [4.69, 9.17) is 4.42 Å². The van der Waals surface area contributed by atoms with Crippen LogP contribution >= 0.6 is 0 Å². The van der Waals surface area contributed by atoms with E-state index in [1.54, 1.807) is 0 Å². The molecule has 0 aliphatic carbocycles. The molecule has 1 aliphatic rings. The van der Waals surface area contributed by atoms with Gasteiger partial charge in [-0.05, 0) is 17.7 Å². The Balaban J connectivity index is 0.00000231. The topological polar surface area (TPSA) is 44.9 Å². The van der Waals surface area contributed by atoms with Crippen LogP contribution in [0, 0.1) is 6.07 Å². The predicted molar refractivity (Wildman–Crippen MR) is 119 cm³/mol. The Kier molecular flexibility index (Phi) is 7.20. The summed E-state index contributed by atoms with van der Waals surface area (Å²) in [5, 5.41) is 0. The van der Waals surface area contributed by atoms with Crippen LogP contribution in [0.25, 0.3) is 11.1 Å². The number of piperazine rings is 1. The molecule has 1 aromatic heterocycles. The average Bonchev–Trinajstić information content (AvgIpc) is 3.22. The van der Waals surface area contributed by atoms with Gasteiger partial charge in [-0.3, -0.25) is 11.0 Å². The second-order valence-corrected chi connectivity index (χ2v) is 7.39. The molecule has 1 aliphatic heterocycles. The number of rotatable bonds is 5. The normalized spacial score (nSPS) is 14.8. The van der Waals surface area contributed by atoms with Gasteiger partial charge in [0.25, 0.3) is 0 Å². The molecule has 1 fully saturated rings. The van der Waals surface area contributed by atoms with E-state index in [0.717, 1.165) is 49.5 Å². The zero-order valence-electron chi connectivity index (χ0n) is 17.7. The molecule has 3 aromatic carbocycles. The Hall–Kier alpha value is -2.44. The molecule has 31 heavy (non-hydrogen) atoms. The van der Waals surface area contributed by atoms with Crippen LogP contribution in [0.3, 0.4) is 0 Å². The van der Waals surface area contributed by atoms with Crippen molar-refractivity contribution in [2.75, 3.05) is 31.1 Å². The van der Waals surface area contributed by atoms with Gasteiger partial charge in [-0.25, -0.2) is 16.7 Å². The Morgan fingerprint density at radius 3 is 2.55 bits per heavy atom. The van der Waals surface area contributed by atoms with Crippen LogP contribution in [-0.2, 0) is 6.54 Å². The van der Waals surface area contributed by atoms with Crippen molar-refractivity contribution in [3.63, 3.8) is 0 Å². The molecule has 2 heterocycles. The van der Waals surface area contributed by atoms with Gasteiger partial charge >= 0.3 is 29.6 Å². The van der Waals surface area contributed by atoms with Crippen LogP contribution in [0.5, 0.6) is 0 Å². The number of benzene rings is 3. The molecule has 4 aromatic rings. The number of fused-ring (bicyclic) bond motifs is 1. The van der Waals surface area contributed by atoms with Gasteiger partial charge in [0, 0.05) is 44.5 Å². The molecule has 5 nitrogen and oxygen atoms in total. The molecular formula is C25H22N4NaO-. The Morgan fingerprint density at radius 2 is 1.77 bits per heavy atom. The van der Waals surface area contributed by atoms with Crippen LogP contribution in [0.4, 0.5) is 11.4 Å². The second-order valence-electron chi connectivity index (χ2n) is 7.39. The van der Waals surface area contributed by atoms with Crippen LogP contribution in [-0.4, -0.2) is 42.3 Å². The van der Waals surface area contributed by atoms with Gasteiger partial charge in [0.2, 0.25) is 0 Å². The third-order valence-corrected chi connectivity index (χ3v) is 5.32. The van der Waals surface area contributed by atoms with Gasteiger partial charge in [0.1, 0.15) is 11.4 Å². The molecule has 0 saturated carbocycles. The maximum atomic E-state index is 5.85. The number of aromatic nitrogens is 1. The first kappa shape index (κ1) is 21.8. The molecule has 5 rings (SSSR count). The van der Waals surface area contributed by atoms with Crippen molar-refractivity contribution < 1.29 is 34.0 Å². The van der Waals surface area contributed by atoms with Gasteiger partial charge in [0.15, 0.2) is 5.58 Å². The van der Waals surface area contributed by atoms with Gasteiger partial charge in [-0.2, -0.15) is 18.2 Å². The molecule has 0 unspecified atom stereocenters. The summed E-state index contributed by atoms with van der Waals surface area (Å²) in [6, 6.07) is 27.4. The Labute approximate surface area is 204 Å². The Morgan fingerprint density at radius 1 is 0.968 bits per heavy atom. The van der Waals surface area contributed by atoms with E-state index in [0.29, 0.717) is 11.6 Å². The van der Waals surface area contributed by atoms with E-state index < -0.39 is 0 Å². The summed E-state index contributed by atoms with van der Waals surface area (Å²) >= 11 is 0. The molecule has 0 amide bonds. The van der Waals surface area contributed by atoms with E-state index in [2.05, 4.69) is 74.5 Å². The minimum atomic E-state index is 0. The van der Waals surface area contributed by atoms with E-state index in [-0.39, 0.29) is 29.6 Å². The first-order valence-electron chi connectivity index (χ1n) is 10.2. The van der Waals surface area contributed by atoms with E-state index in [9.17, 15) is 0 Å². The maximum absolute atomic E-state index is 5.85. The summed E-state index contributed by atoms with van der Waals surface area (Å²) < 4.78 is 5.85. The summed E-state index contributed by atoms with van der Waals surface area (Å²) in [4.78, 5) is 13.6. The van der Waals surface area contributed by atoms with Gasteiger partial charge in [-0.1, -0.05) is 36.5 Å². The largest absolute Gasteiger partial charge is 1.00 e. The second kappa shape index (κ2) is 10.2. The van der Waals surface area contributed by atoms with E-state index in [1.807, 2.05) is 30.3 Å². The minimum Gasteiger partial charge on any atom is -0.472 e. The molecular weight excluding hydrogens is 395 g/mol. The van der Waals surface area contributed by atoms with Crippen LogP contribution < -0.4 is 34.5 Å². The smallest absolute Gasteiger partial charge is 0.472 e. The molecule has 6 heteroatoms. The number of hydrogen-bond acceptors (Lipinski definition) is 5. The van der Waals surface area contributed by atoms with Gasteiger partial charge in [0.05, 0.1) is 0 Å². The third-order valence-electron chi connectivity index (χ3n) is 5.32. The number of hydrogen-bond donors (Lipinski definition) is 0. The summed E-state index contributed by atoms with van der Waals surface area (Å²) in [5.74, 6) is 0.382. The number of anilines is 1. The quantitative estimate of drug-likeness (QED) is 0.281. The molecule has 0 atom stereocenters. The summed E-state index contributed by atoms with van der Waals surface area (Å²) in [5.41, 5.74) is 4.81. The monoisotopic (exact) mass is 417 g/mol. The number of para-hydroxylation sites is 1. The van der Waals surface area contributed by atoms with Gasteiger partial charge in [-0.15, -0.1) is 0 Å². The van der Waals surface area contributed by atoms with E-state index >= 15 is 0 Å². The average molecular weight is 417 g/mol. The third kappa shape index (κ3) is 5.43. The molecule has 0 bridgehead atoms. The standard InChI is InChI=1S/C25H22N4O.Na/c1-3-7-20(8-4-1)19-28-13-15-29(16-14-28)22-11-12-23-24(17-22)30-25(27-23)18-26-21-9-5-2-6-10-21;/h1-9,11-12,17H,13-16,19H2;/q-2;+1. The van der Waals surface area contributed by atoms with Crippen LogP contribution in [0.2, 0.25) is 0 Å². The van der Waals surface area contributed by atoms with Crippen molar-refractivity contribution in [3.8, 4) is 0 Å². The van der Waals surface area contributed by atoms with E-state index in [1.165, 1.54) is 5.56 Å². The van der Waals surface area contributed by atoms with Crippen molar-refractivity contribution >= 4 is 28.7 Å². The van der Waals surface area contributed by atoms with Crippen LogP contribution in [0.15, 0.2) is 82.2 Å². The zero-order valence-corrected chi connectivity index (χ0v) is 19.7. The van der Waals surface area contributed by atoms with Crippen LogP contribution in [0.1, 0.15) is 11.5 Å². The molecule has 0 radical (unpaired) electrons. The minimum absolute atomic E-state index is 0. The number of nitrogens with zero attached hydrogens (tertiary/aromatic N) is 4. The SMILES string of the molecule is [C-](=Nc1[c-]cccc1)c1nc2ccc(N3CCN(Cc4ccccc4)CC3)cc2o1.[Na+]. The molecule has 150 valence electrons. The fourth-order valence-corrected chi connectivity index (χ4v) is 3.73. The molecule has 0 spiro atoms. The van der Waals surface area contributed by atoms with Crippen molar-refractivity contribution in [2.24, 2.45) is 4.99 Å². The predicted octanol–water partition coefficient (Wildman–Crippen LogP) is 1.58. The maximum Gasteiger partial charge on any atom is 1.00 e. The fraction of sp³-hybridized carbons (Fsp3) is 0.200.